The van der Waals surface area contributed by atoms with E-state index in [1.165, 1.54) is 13.8 Å². The molecule has 0 aliphatic heterocycles. The van der Waals surface area contributed by atoms with Crippen LogP contribution in [0.15, 0.2) is 0 Å². The summed E-state index contributed by atoms with van der Waals surface area (Å²) in [7, 11) is 0. The van der Waals surface area contributed by atoms with Crippen molar-refractivity contribution in [2.75, 3.05) is 6.61 Å². The number of ketones is 1. The van der Waals surface area contributed by atoms with Crippen LogP contribution in [0, 0.1) is 5.41 Å². The lowest BCUT2D eigenvalue weighted by Gasteiger charge is -2.23. The van der Waals surface area contributed by atoms with E-state index in [1.54, 1.807) is 27.7 Å². The molecule has 0 saturated carbocycles. The van der Waals surface area contributed by atoms with Crippen molar-refractivity contribution < 1.29 is 23.9 Å². The summed E-state index contributed by atoms with van der Waals surface area (Å²) in [5.74, 6) is -2.64. The Balaban J connectivity index is 4.80. The van der Waals surface area contributed by atoms with E-state index in [0.29, 0.717) is 0 Å². The van der Waals surface area contributed by atoms with E-state index in [9.17, 15) is 14.4 Å². The molecule has 0 spiro atoms. The fourth-order valence-corrected chi connectivity index (χ4v) is 0.984. The highest BCUT2D eigenvalue weighted by Crippen LogP contribution is 2.21. The second kappa shape index (κ2) is 5.29. The van der Waals surface area contributed by atoms with Crippen molar-refractivity contribution in [3.8, 4) is 0 Å². The Hall–Kier alpha value is -1.39. The molecular weight excluding hydrogens is 224 g/mol. The van der Waals surface area contributed by atoms with Gasteiger partial charge in [0.15, 0.2) is 0 Å². The van der Waals surface area contributed by atoms with Crippen LogP contribution in [0.2, 0.25) is 0 Å². The van der Waals surface area contributed by atoms with E-state index in [0.717, 1.165) is 0 Å². The Morgan fingerprint density at radius 2 is 1.47 bits per heavy atom. The number of carbonyl (C=O) groups excluding carboxylic acids is 3. The number of Topliss-reactive ketones (excluding diaryl/α,β-unsaturated/α-hetero) is 1. The predicted octanol–water partition coefficient (Wildman–Crippen LogP) is 1.49. The monoisotopic (exact) mass is 244 g/mol. The quantitative estimate of drug-likeness (QED) is 0.425. The van der Waals surface area contributed by atoms with Crippen molar-refractivity contribution in [1.29, 1.82) is 0 Å². The number of ether oxygens (including phenoxy) is 2. The SMILES string of the molecule is CCOC(=O)C(C)(C)C(=O)C(=O)OC(C)(C)C. The van der Waals surface area contributed by atoms with Crippen LogP contribution in [-0.4, -0.2) is 29.9 Å². The Bertz CT molecular complexity index is 322. The van der Waals surface area contributed by atoms with Crippen molar-refractivity contribution in [2.45, 2.75) is 47.1 Å². The average Bonchev–Trinajstić information content (AvgIpc) is 2.14. The third-order valence-electron chi connectivity index (χ3n) is 1.94. The number of esters is 2. The lowest BCUT2D eigenvalue weighted by molar-refractivity contribution is -0.172. The summed E-state index contributed by atoms with van der Waals surface area (Å²) in [5.41, 5.74) is -2.28. The summed E-state index contributed by atoms with van der Waals surface area (Å²) >= 11 is 0. The van der Waals surface area contributed by atoms with Crippen LogP contribution >= 0.6 is 0 Å². The topological polar surface area (TPSA) is 69.7 Å². The Labute approximate surface area is 101 Å². The van der Waals surface area contributed by atoms with Crippen molar-refractivity contribution in [3.05, 3.63) is 0 Å². The van der Waals surface area contributed by atoms with E-state index in [-0.39, 0.29) is 6.61 Å². The Morgan fingerprint density at radius 3 is 1.82 bits per heavy atom. The van der Waals surface area contributed by atoms with Crippen molar-refractivity contribution in [2.24, 2.45) is 5.41 Å². The molecule has 0 aliphatic carbocycles. The highest BCUT2D eigenvalue weighted by molar-refractivity contribution is 6.39. The van der Waals surface area contributed by atoms with Crippen LogP contribution in [0.5, 0.6) is 0 Å². The largest absolute Gasteiger partial charge is 0.465 e. The first-order valence-corrected chi connectivity index (χ1v) is 5.47. The fraction of sp³-hybridized carbons (Fsp3) is 0.750. The van der Waals surface area contributed by atoms with Crippen LogP contribution in [0.25, 0.3) is 0 Å². The standard InChI is InChI=1S/C12H20O5/c1-7-16-10(15)12(5,6)8(13)9(14)17-11(2,3)4/h7H2,1-6H3. The molecule has 0 saturated heterocycles. The summed E-state index contributed by atoms with van der Waals surface area (Å²) < 4.78 is 9.66. The number of hydrogen-bond acceptors (Lipinski definition) is 5. The Morgan fingerprint density at radius 1 is 1.00 bits per heavy atom. The number of rotatable bonds is 4. The van der Waals surface area contributed by atoms with E-state index in [1.807, 2.05) is 0 Å². The minimum Gasteiger partial charge on any atom is -0.465 e. The summed E-state index contributed by atoms with van der Waals surface area (Å²) in [6, 6.07) is 0. The second-order valence-electron chi connectivity index (χ2n) is 5.18. The van der Waals surface area contributed by atoms with Gasteiger partial charge in [-0.2, -0.15) is 0 Å². The zero-order chi connectivity index (χ0) is 13.9. The van der Waals surface area contributed by atoms with Gasteiger partial charge in [0, 0.05) is 0 Å². The molecule has 98 valence electrons. The van der Waals surface area contributed by atoms with Gasteiger partial charge in [0.05, 0.1) is 6.61 Å². The molecule has 0 aromatic carbocycles. The van der Waals surface area contributed by atoms with Crippen LogP contribution in [0.3, 0.4) is 0 Å². The van der Waals surface area contributed by atoms with Gasteiger partial charge < -0.3 is 9.47 Å². The van der Waals surface area contributed by atoms with Gasteiger partial charge in [-0.05, 0) is 41.5 Å². The van der Waals surface area contributed by atoms with Gasteiger partial charge in [-0.3, -0.25) is 9.59 Å². The maximum absolute atomic E-state index is 11.8. The van der Waals surface area contributed by atoms with Gasteiger partial charge in [-0.15, -0.1) is 0 Å². The van der Waals surface area contributed by atoms with E-state index in [4.69, 9.17) is 9.47 Å². The van der Waals surface area contributed by atoms with Gasteiger partial charge in [0.1, 0.15) is 11.0 Å². The molecule has 0 rings (SSSR count). The van der Waals surface area contributed by atoms with Crippen LogP contribution in [0.4, 0.5) is 0 Å². The molecule has 0 unspecified atom stereocenters. The van der Waals surface area contributed by atoms with E-state index in [2.05, 4.69) is 0 Å². The lowest BCUT2D eigenvalue weighted by atomic mass is 9.88. The number of hydrogen-bond donors (Lipinski definition) is 0. The lowest BCUT2D eigenvalue weighted by Crippen LogP contribution is -2.42. The first kappa shape index (κ1) is 15.6. The molecule has 0 aliphatic rings. The summed E-state index contributed by atoms with van der Waals surface area (Å²) in [4.78, 5) is 34.8. The van der Waals surface area contributed by atoms with Gasteiger partial charge in [0.2, 0.25) is 0 Å². The molecule has 0 radical (unpaired) electrons. The highest BCUT2D eigenvalue weighted by Gasteiger charge is 2.43. The predicted molar refractivity (Wildman–Crippen MR) is 61.3 cm³/mol. The summed E-state index contributed by atoms with van der Waals surface area (Å²) in [6.45, 7) is 9.42. The van der Waals surface area contributed by atoms with Crippen LogP contribution in [-0.2, 0) is 23.9 Å². The molecule has 0 aromatic rings. The molecular formula is C12H20O5. The van der Waals surface area contributed by atoms with Crippen molar-refractivity contribution in [1.82, 2.24) is 0 Å². The molecule has 0 bridgehead atoms. The average molecular weight is 244 g/mol. The molecule has 0 N–H and O–H groups in total. The fourth-order valence-electron chi connectivity index (χ4n) is 0.984. The summed E-state index contributed by atoms with van der Waals surface area (Å²) in [5, 5.41) is 0. The van der Waals surface area contributed by atoms with Crippen LogP contribution < -0.4 is 0 Å². The number of carbonyl (C=O) groups is 3. The van der Waals surface area contributed by atoms with Gasteiger partial charge in [-0.25, -0.2) is 4.79 Å². The zero-order valence-corrected chi connectivity index (χ0v) is 11.2. The van der Waals surface area contributed by atoms with Gasteiger partial charge in [-0.1, -0.05) is 0 Å². The van der Waals surface area contributed by atoms with Gasteiger partial charge in [0.25, 0.3) is 5.78 Å². The minimum atomic E-state index is -1.52. The normalized spacial score (nSPS) is 11.9. The minimum absolute atomic E-state index is 0.157. The smallest absolute Gasteiger partial charge is 0.376 e. The van der Waals surface area contributed by atoms with Gasteiger partial charge >= 0.3 is 11.9 Å². The molecule has 0 fully saturated rings. The molecule has 5 nitrogen and oxygen atoms in total. The molecule has 5 heteroatoms. The molecule has 0 heterocycles. The molecule has 0 amide bonds. The summed E-state index contributed by atoms with van der Waals surface area (Å²) in [6.07, 6.45) is 0. The highest BCUT2D eigenvalue weighted by atomic mass is 16.6. The molecule has 0 aromatic heterocycles. The maximum atomic E-state index is 11.8. The first-order chi connectivity index (χ1) is 7.52. The molecule has 17 heavy (non-hydrogen) atoms. The maximum Gasteiger partial charge on any atom is 0.376 e. The van der Waals surface area contributed by atoms with Crippen LogP contribution in [0.1, 0.15) is 41.5 Å². The Kier molecular flexibility index (Phi) is 4.86. The third-order valence-corrected chi connectivity index (χ3v) is 1.94. The second-order valence-corrected chi connectivity index (χ2v) is 5.18. The third kappa shape index (κ3) is 4.54. The van der Waals surface area contributed by atoms with E-state index < -0.39 is 28.7 Å². The zero-order valence-electron chi connectivity index (χ0n) is 11.2. The van der Waals surface area contributed by atoms with Crippen molar-refractivity contribution >= 4 is 17.7 Å². The first-order valence-electron chi connectivity index (χ1n) is 5.47. The van der Waals surface area contributed by atoms with Crippen molar-refractivity contribution in [3.63, 3.8) is 0 Å². The molecule has 0 atom stereocenters. The van der Waals surface area contributed by atoms with E-state index >= 15 is 0 Å².